The van der Waals surface area contributed by atoms with Crippen molar-refractivity contribution in [1.29, 1.82) is 0 Å². The Morgan fingerprint density at radius 2 is 1.86 bits per heavy atom. The maximum Gasteiger partial charge on any atom is 0.126 e. The summed E-state index contributed by atoms with van der Waals surface area (Å²) >= 11 is 0. The Morgan fingerprint density at radius 1 is 1.14 bits per heavy atom. The van der Waals surface area contributed by atoms with E-state index in [0.717, 1.165) is 17.1 Å². The molecule has 0 aliphatic rings. The number of aromatic nitrogens is 2. The van der Waals surface area contributed by atoms with Crippen molar-refractivity contribution in [2.45, 2.75) is 12.6 Å². The third kappa shape index (κ3) is 2.78. The molecule has 0 aliphatic heterocycles. The van der Waals surface area contributed by atoms with Gasteiger partial charge in [0.15, 0.2) is 0 Å². The summed E-state index contributed by atoms with van der Waals surface area (Å²) in [5.74, 6) is -1.14. The normalized spacial score (nSPS) is 12.7. The highest BCUT2D eigenvalue weighted by molar-refractivity contribution is 5.74. The topological polar surface area (TPSA) is 29.9 Å². The number of imidazole rings is 1. The average molecular weight is 287 g/mol. The zero-order valence-electron chi connectivity index (χ0n) is 11.6. The molecule has 0 saturated heterocycles. The van der Waals surface area contributed by atoms with Crippen LogP contribution < -0.4 is 5.32 Å². The molecule has 2 aromatic carbocycles. The summed E-state index contributed by atoms with van der Waals surface area (Å²) in [7, 11) is 1.77. The molecule has 3 rings (SSSR count). The minimum atomic E-state index is -0.569. The molecule has 3 nitrogen and oxygen atoms in total. The van der Waals surface area contributed by atoms with E-state index in [1.807, 2.05) is 28.8 Å². The number of hydrogen-bond donors (Lipinski definition) is 1. The fraction of sp³-hybridized carbons (Fsp3) is 0.188. The van der Waals surface area contributed by atoms with Crippen molar-refractivity contribution in [3.8, 4) is 0 Å². The SMILES string of the molecule is CNC(Cn1cnc2ccccc21)c1cc(F)cc(F)c1. The minimum absolute atomic E-state index is 0.201. The van der Waals surface area contributed by atoms with Crippen LogP contribution in [0.2, 0.25) is 0 Å². The molecule has 21 heavy (non-hydrogen) atoms. The first kappa shape index (κ1) is 13.7. The molecule has 0 spiro atoms. The number of benzene rings is 2. The number of halogens is 2. The summed E-state index contributed by atoms with van der Waals surface area (Å²) in [6.45, 7) is 0.542. The first-order valence-electron chi connectivity index (χ1n) is 6.70. The van der Waals surface area contributed by atoms with E-state index in [1.54, 1.807) is 13.4 Å². The first-order valence-corrected chi connectivity index (χ1v) is 6.70. The third-order valence-electron chi connectivity index (χ3n) is 3.54. The molecule has 108 valence electrons. The molecule has 1 heterocycles. The van der Waals surface area contributed by atoms with Crippen LogP contribution in [0.5, 0.6) is 0 Å². The van der Waals surface area contributed by atoms with Crippen LogP contribution in [0.4, 0.5) is 8.78 Å². The summed E-state index contributed by atoms with van der Waals surface area (Å²) in [6.07, 6.45) is 1.74. The molecule has 5 heteroatoms. The van der Waals surface area contributed by atoms with Crippen LogP contribution in [-0.4, -0.2) is 16.6 Å². The minimum Gasteiger partial charge on any atom is -0.329 e. The Bertz CT molecular complexity index is 747. The molecular formula is C16H15F2N3. The number of nitrogens with one attached hydrogen (secondary N) is 1. The molecular weight excluding hydrogens is 272 g/mol. The predicted octanol–water partition coefficient (Wildman–Crippen LogP) is 3.28. The van der Waals surface area contributed by atoms with Crippen LogP contribution in [0.25, 0.3) is 11.0 Å². The second kappa shape index (κ2) is 5.61. The van der Waals surface area contributed by atoms with E-state index < -0.39 is 11.6 Å². The van der Waals surface area contributed by atoms with Crippen molar-refractivity contribution in [1.82, 2.24) is 14.9 Å². The molecule has 1 N–H and O–H groups in total. The molecule has 1 unspecified atom stereocenters. The van der Waals surface area contributed by atoms with Crippen LogP contribution in [-0.2, 0) is 6.54 Å². The van der Waals surface area contributed by atoms with Crippen LogP contribution in [0.3, 0.4) is 0 Å². The van der Waals surface area contributed by atoms with Gasteiger partial charge in [-0.3, -0.25) is 0 Å². The second-order valence-corrected chi connectivity index (χ2v) is 4.93. The number of rotatable bonds is 4. The van der Waals surface area contributed by atoms with E-state index in [4.69, 9.17) is 0 Å². The van der Waals surface area contributed by atoms with E-state index in [0.29, 0.717) is 12.1 Å². The van der Waals surface area contributed by atoms with Gasteiger partial charge in [0.2, 0.25) is 0 Å². The predicted molar refractivity (Wildman–Crippen MR) is 77.9 cm³/mol. The van der Waals surface area contributed by atoms with E-state index in [1.165, 1.54) is 12.1 Å². The lowest BCUT2D eigenvalue weighted by molar-refractivity contribution is 0.497. The van der Waals surface area contributed by atoms with Gasteiger partial charge in [-0.2, -0.15) is 0 Å². The fourth-order valence-corrected chi connectivity index (χ4v) is 2.49. The van der Waals surface area contributed by atoms with Crippen LogP contribution in [0, 0.1) is 11.6 Å². The molecule has 1 aromatic heterocycles. The number of para-hydroxylation sites is 2. The van der Waals surface area contributed by atoms with Crippen LogP contribution >= 0.6 is 0 Å². The molecule has 0 aliphatic carbocycles. The summed E-state index contributed by atoms with van der Waals surface area (Å²) < 4.78 is 28.7. The van der Waals surface area contributed by atoms with Gasteiger partial charge < -0.3 is 9.88 Å². The lowest BCUT2D eigenvalue weighted by Gasteiger charge is -2.18. The van der Waals surface area contributed by atoms with Gasteiger partial charge in [0.1, 0.15) is 11.6 Å². The lowest BCUT2D eigenvalue weighted by atomic mass is 10.1. The third-order valence-corrected chi connectivity index (χ3v) is 3.54. The van der Waals surface area contributed by atoms with Gasteiger partial charge in [-0.25, -0.2) is 13.8 Å². The summed E-state index contributed by atoms with van der Waals surface area (Å²) in [5, 5.41) is 3.09. The lowest BCUT2D eigenvalue weighted by Crippen LogP contribution is -2.22. The zero-order chi connectivity index (χ0) is 14.8. The second-order valence-electron chi connectivity index (χ2n) is 4.93. The Balaban J connectivity index is 1.94. The monoisotopic (exact) mass is 287 g/mol. The van der Waals surface area contributed by atoms with Gasteiger partial charge in [-0.1, -0.05) is 12.1 Å². The largest absolute Gasteiger partial charge is 0.329 e. The highest BCUT2D eigenvalue weighted by Crippen LogP contribution is 2.20. The number of hydrogen-bond acceptors (Lipinski definition) is 2. The maximum atomic E-state index is 13.4. The molecule has 1 atom stereocenters. The number of likely N-dealkylation sites (N-methyl/N-ethyl adjacent to an activating group) is 1. The molecule has 0 fully saturated rings. The van der Waals surface area contributed by atoms with Crippen molar-refractivity contribution < 1.29 is 8.78 Å². The van der Waals surface area contributed by atoms with E-state index in [-0.39, 0.29) is 6.04 Å². The average Bonchev–Trinajstić information content (AvgIpc) is 2.87. The van der Waals surface area contributed by atoms with Gasteiger partial charge in [0.05, 0.1) is 23.4 Å². The first-order chi connectivity index (χ1) is 10.2. The van der Waals surface area contributed by atoms with Crippen molar-refractivity contribution in [2.75, 3.05) is 7.05 Å². The number of fused-ring (bicyclic) bond motifs is 1. The van der Waals surface area contributed by atoms with Crippen LogP contribution in [0.1, 0.15) is 11.6 Å². The zero-order valence-corrected chi connectivity index (χ0v) is 11.6. The standard InChI is InChI=1S/C16H15F2N3/c1-19-15(11-6-12(17)8-13(18)7-11)9-21-10-20-14-4-2-3-5-16(14)21/h2-8,10,15,19H,9H2,1H3. The van der Waals surface area contributed by atoms with Crippen molar-refractivity contribution in [2.24, 2.45) is 0 Å². The fourth-order valence-electron chi connectivity index (χ4n) is 2.49. The Kier molecular flexibility index (Phi) is 3.66. The molecule has 0 saturated carbocycles. The van der Waals surface area contributed by atoms with Crippen molar-refractivity contribution >= 4 is 11.0 Å². The summed E-state index contributed by atoms with van der Waals surface area (Å²) in [6, 6.07) is 11.2. The molecule has 0 radical (unpaired) electrons. The van der Waals surface area contributed by atoms with Gasteiger partial charge in [0.25, 0.3) is 0 Å². The Hall–Kier alpha value is -2.27. The van der Waals surface area contributed by atoms with Gasteiger partial charge in [0, 0.05) is 12.6 Å². The van der Waals surface area contributed by atoms with E-state index >= 15 is 0 Å². The highest BCUT2D eigenvalue weighted by Gasteiger charge is 2.14. The Labute approximate surface area is 121 Å². The smallest absolute Gasteiger partial charge is 0.126 e. The van der Waals surface area contributed by atoms with E-state index in [2.05, 4.69) is 10.3 Å². The van der Waals surface area contributed by atoms with Crippen LogP contribution in [0.15, 0.2) is 48.8 Å². The van der Waals surface area contributed by atoms with Gasteiger partial charge in [-0.15, -0.1) is 0 Å². The van der Waals surface area contributed by atoms with Crippen molar-refractivity contribution in [3.63, 3.8) is 0 Å². The molecule has 0 amide bonds. The quantitative estimate of drug-likeness (QED) is 0.798. The van der Waals surface area contributed by atoms with Gasteiger partial charge >= 0.3 is 0 Å². The Morgan fingerprint density at radius 3 is 2.57 bits per heavy atom. The summed E-state index contributed by atoms with van der Waals surface area (Å²) in [4.78, 5) is 4.32. The number of nitrogens with zero attached hydrogens (tertiary/aromatic N) is 2. The molecule has 3 aromatic rings. The van der Waals surface area contributed by atoms with Crippen molar-refractivity contribution in [3.05, 3.63) is 66.0 Å². The highest BCUT2D eigenvalue weighted by atomic mass is 19.1. The maximum absolute atomic E-state index is 13.4. The summed E-state index contributed by atoms with van der Waals surface area (Å²) in [5.41, 5.74) is 2.47. The van der Waals surface area contributed by atoms with Gasteiger partial charge in [-0.05, 0) is 36.9 Å². The van der Waals surface area contributed by atoms with E-state index in [9.17, 15) is 8.78 Å². The molecule has 0 bridgehead atoms.